The molecule has 0 aliphatic heterocycles. The minimum atomic E-state index is -0.553. The maximum atomic E-state index is 10.7. The molecule has 0 aromatic rings. The number of amides is 1. The summed E-state index contributed by atoms with van der Waals surface area (Å²) in [5.74, 6) is -0.439. The van der Waals surface area contributed by atoms with Gasteiger partial charge in [-0.25, -0.2) is 4.79 Å². The number of carbonyl (C=O) groups excluding carboxylic acids is 2. The van der Waals surface area contributed by atoms with Crippen molar-refractivity contribution in [2.45, 2.75) is 13.0 Å². The average molecular weight is 322 g/mol. The van der Waals surface area contributed by atoms with Gasteiger partial charge in [-0.15, -0.1) is 0 Å². The maximum Gasteiger partial charge on any atom is 0.325 e. The summed E-state index contributed by atoms with van der Waals surface area (Å²) < 4.78 is 4.38. The number of carbonyl (C=O) groups is 1. The van der Waals surface area contributed by atoms with Gasteiger partial charge in [-0.3, -0.25) is 0 Å². The van der Waals surface area contributed by atoms with E-state index in [-0.39, 0.29) is 65.4 Å². The Morgan fingerprint density at radius 2 is 1.92 bits per heavy atom. The van der Waals surface area contributed by atoms with Gasteiger partial charge in [-0.1, -0.05) is 0 Å². The Balaban J connectivity index is -0.000000405. The average Bonchev–Trinajstić information content (AvgIpc) is 2.00. The van der Waals surface area contributed by atoms with Gasteiger partial charge in [0.1, 0.15) is 0 Å². The van der Waals surface area contributed by atoms with Crippen LogP contribution in [0.4, 0.5) is 0 Å². The SMILES string of the molecule is COC(=O)C(C)N(C)[C-]=O.[Y].[Y]. The van der Waals surface area contributed by atoms with Gasteiger partial charge >= 0.3 is 5.97 Å². The molecule has 1 unspecified atom stereocenters. The molecule has 0 N–H and O–H groups in total. The molecule has 64 valence electrons. The predicted octanol–water partition coefficient (Wildman–Crippen LogP) is -0.458. The van der Waals surface area contributed by atoms with E-state index in [0.717, 1.165) is 4.90 Å². The van der Waals surface area contributed by atoms with E-state index in [4.69, 9.17) is 0 Å². The molecular weight excluding hydrogens is 312 g/mol. The van der Waals surface area contributed by atoms with E-state index in [1.165, 1.54) is 14.2 Å². The molecule has 0 saturated heterocycles. The van der Waals surface area contributed by atoms with Gasteiger partial charge in [0.25, 0.3) is 0 Å². The summed E-state index contributed by atoms with van der Waals surface area (Å²) in [4.78, 5) is 21.7. The van der Waals surface area contributed by atoms with Crippen LogP contribution in [-0.4, -0.2) is 37.5 Å². The molecule has 1 amide bonds. The topological polar surface area (TPSA) is 46.6 Å². The van der Waals surface area contributed by atoms with Crippen molar-refractivity contribution in [1.29, 1.82) is 0 Å². The molecule has 0 heterocycles. The van der Waals surface area contributed by atoms with Crippen LogP contribution >= 0.6 is 0 Å². The monoisotopic (exact) mass is 322 g/mol. The van der Waals surface area contributed by atoms with Crippen molar-refractivity contribution in [2.24, 2.45) is 0 Å². The van der Waals surface area contributed by atoms with Crippen LogP contribution in [0, 0.1) is 0 Å². The van der Waals surface area contributed by atoms with E-state index < -0.39 is 12.0 Å². The first-order valence-electron chi connectivity index (χ1n) is 2.82. The molecule has 0 aliphatic carbocycles. The second kappa shape index (κ2) is 10.2. The van der Waals surface area contributed by atoms with Crippen LogP contribution in [-0.2, 0) is 79.7 Å². The van der Waals surface area contributed by atoms with Gasteiger partial charge in [0.05, 0.1) is 13.2 Å². The molecule has 0 saturated carbocycles. The zero-order chi connectivity index (χ0) is 8.15. The summed E-state index contributed by atoms with van der Waals surface area (Å²) in [5.41, 5.74) is 0. The predicted molar refractivity (Wildman–Crippen MR) is 34.9 cm³/mol. The molecule has 6 heteroatoms. The number of likely N-dealkylation sites (N-methyl/N-ethyl adjacent to an activating group) is 1. The molecule has 1 atom stereocenters. The van der Waals surface area contributed by atoms with Crippen LogP contribution in [0.1, 0.15) is 6.92 Å². The molecule has 0 aromatic carbocycles. The van der Waals surface area contributed by atoms with Crippen molar-refractivity contribution < 1.29 is 79.7 Å². The van der Waals surface area contributed by atoms with Crippen molar-refractivity contribution >= 4 is 12.4 Å². The first-order chi connectivity index (χ1) is 4.63. The summed E-state index contributed by atoms with van der Waals surface area (Å²) in [6, 6.07) is -0.553. The zero-order valence-corrected chi connectivity index (χ0v) is 13.1. The number of esters is 1. The van der Waals surface area contributed by atoms with Crippen LogP contribution in [0.25, 0.3) is 0 Å². The van der Waals surface area contributed by atoms with Crippen molar-refractivity contribution in [3.8, 4) is 0 Å². The molecule has 0 spiro atoms. The minimum Gasteiger partial charge on any atom is -0.520 e. The van der Waals surface area contributed by atoms with Gasteiger partial charge in [-0.2, -0.15) is 6.41 Å². The molecule has 4 nitrogen and oxygen atoms in total. The van der Waals surface area contributed by atoms with E-state index in [0.29, 0.717) is 0 Å². The summed E-state index contributed by atoms with van der Waals surface area (Å²) in [7, 11) is 2.74. The Bertz CT molecular complexity index is 143. The quantitative estimate of drug-likeness (QED) is 0.401. The van der Waals surface area contributed by atoms with E-state index in [1.807, 2.05) is 0 Å². The molecule has 0 aromatic heterocycles. The maximum absolute atomic E-state index is 10.7. The van der Waals surface area contributed by atoms with Crippen molar-refractivity contribution in [1.82, 2.24) is 4.90 Å². The number of rotatable bonds is 3. The van der Waals surface area contributed by atoms with Gasteiger partial charge < -0.3 is 14.4 Å². The van der Waals surface area contributed by atoms with E-state index in [9.17, 15) is 9.59 Å². The molecule has 0 aliphatic rings. The molecule has 12 heavy (non-hydrogen) atoms. The van der Waals surface area contributed by atoms with Crippen molar-refractivity contribution in [3.05, 3.63) is 0 Å². The normalized spacial score (nSPS) is 9.92. The van der Waals surface area contributed by atoms with Crippen LogP contribution in [0.2, 0.25) is 0 Å². The standard InChI is InChI=1S/C6H10NO3.2Y/c1-5(6(9)10-3)7(2)4-8;;/h5H,1-3H3;;/q-1;;. The third-order valence-electron chi connectivity index (χ3n) is 1.27. The molecule has 0 fully saturated rings. The second-order valence-electron chi connectivity index (χ2n) is 1.90. The Hall–Kier alpha value is 1.15. The van der Waals surface area contributed by atoms with Gasteiger partial charge in [-0.05, 0) is 14.0 Å². The fourth-order valence-corrected chi connectivity index (χ4v) is 0.408. The Labute approximate surface area is 123 Å². The largest absolute Gasteiger partial charge is 0.520 e. The first kappa shape index (κ1) is 18.8. The third-order valence-corrected chi connectivity index (χ3v) is 1.27. The molecule has 2 radical (unpaired) electrons. The van der Waals surface area contributed by atoms with Gasteiger partial charge in [0.15, 0.2) is 0 Å². The van der Waals surface area contributed by atoms with Crippen LogP contribution in [0.5, 0.6) is 0 Å². The van der Waals surface area contributed by atoms with Crippen LogP contribution < -0.4 is 0 Å². The Morgan fingerprint density at radius 1 is 1.50 bits per heavy atom. The number of ether oxygens (including phenoxy) is 1. The van der Waals surface area contributed by atoms with Gasteiger partial charge in [0.2, 0.25) is 0 Å². The summed E-state index contributed by atoms with van der Waals surface area (Å²) in [5, 5.41) is 0. The number of nitrogens with zero attached hydrogens (tertiary/aromatic N) is 1. The minimum absolute atomic E-state index is 0. The van der Waals surface area contributed by atoms with Gasteiger partial charge in [0, 0.05) is 65.4 Å². The molecule has 0 bridgehead atoms. The van der Waals surface area contributed by atoms with E-state index >= 15 is 0 Å². The smallest absolute Gasteiger partial charge is 0.325 e. The fourth-order valence-electron chi connectivity index (χ4n) is 0.408. The van der Waals surface area contributed by atoms with E-state index in [2.05, 4.69) is 4.74 Å². The molecular formula is C6H10NO3Y2-. The van der Waals surface area contributed by atoms with Crippen molar-refractivity contribution in [2.75, 3.05) is 14.2 Å². The third kappa shape index (κ3) is 6.64. The number of hydrogen-bond donors (Lipinski definition) is 0. The second-order valence-corrected chi connectivity index (χ2v) is 1.90. The van der Waals surface area contributed by atoms with Crippen LogP contribution in [0.15, 0.2) is 0 Å². The van der Waals surface area contributed by atoms with Crippen LogP contribution in [0.3, 0.4) is 0 Å². The Morgan fingerprint density at radius 3 is 2.17 bits per heavy atom. The van der Waals surface area contributed by atoms with E-state index in [1.54, 1.807) is 13.3 Å². The zero-order valence-electron chi connectivity index (χ0n) is 7.40. The number of hydrogen-bond acceptors (Lipinski definition) is 3. The van der Waals surface area contributed by atoms with Crippen molar-refractivity contribution in [3.63, 3.8) is 0 Å². The fraction of sp³-hybridized carbons (Fsp3) is 0.667. The summed E-state index contributed by atoms with van der Waals surface area (Å²) >= 11 is 0. The summed E-state index contributed by atoms with van der Waals surface area (Å²) in [6.07, 6.45) is 1.56. The molecule has 0 rings (SSSR count). The first-order valence-corrected chi connectivity index (χ1v) is 2.82. The summed E-state index contributed by atoms with van der Waals surface area (Å²) in [6.45, 7) is 1.57. The Kier molecular flexibility index (Phi) is 16.1. The number of methoxy groups -OCH3 is 1.